The number of tetrazole rings is 1. The molecule has 0 radical (unpaired) electrons. The van der Waals surface area contributed by atoms with Crippen molar-refractivity contribution in [1.82, 2.24) is 35.1 Å². The average Bonchev–Trinajstić information content (AvgIpc) is 3.01. The van der Waals surface area contributed by atoms with Crippen molar-refractivity contribution in [1.29, 1.82) is 0 Å². The maximum absolute atomic E-state index is 13.0. The summed E-state index contributed by atoms with van der Waals surface area (Å²) in [6.45, 7) is 3.64. The second-order valence-electron chi connectivity index (χ2n) is 6.17. The van der Waals surface area contributed by atoms with Crippen LogP contribution in [0.4, 0.5) is 5.95 Å². The Hall–Kier alpha value is -2.58. The van der Waals surface area contributed by atoms with E-state index in [4.69, 9.17) is 0 Å². The first-order valence-corrected chi connectivity index (χ1v) is 8.40. The molecule has 0 aromatic carbocycles. The molecule has 0 unspecified atom stereocenters. The molecule has 1 saturated heterocycles. The number of rotatable bonds is 2. The van der Waals surface area contributed by atoms with Crippen LogP contribution in [0.3, 0.4) is 0 Å². The topological polar surface area (TPSA) is 92.9 Å². The number of nitrogens with zero attached hydrogens (tertiary/aromatic N) is 8. The van der Waals surface area contributed by atoms with E-state index in [1.54, 1.807) is 23.1 Å². The molecule has 0 aliphatic carbocycles. The second kappa shape index (κ2) is 6.50. The van der Waals surface area contributed by atoms with Crippen molar-refractivity contribution in [2.75, 3.05) is 31.1 Å². The molecule has 2 aliphatic heterocycles. The van der Waals surface area contributed by atoms with Gasteiger partial charge in [-0.2, -0.15) is 0 Å². The van der Waals surface area contributed by atoms with E-state index in [1.165, 1.54) is 0 Å². The minimum absolute atomic E-state index is 0.140. The van der Waals surface area contributed by atoms with Crippen molar-refractivity contribution in [3.63, 3.8) is 0 Å². The Bertz CT molecular complexity index is 695. The molecular formula is C15H20N8O. The molecule has 1 amide bonds. The molecule has 4 heterocycles. The smallest absolute Gasteiger partial charge is 0.233 e. The van der Waals surface area contributed by atoms with Crippen molar-refractivity contribution in [3.8, 4) is 0 Å². The average molecular weight is 328 g/mol. The molecule has 2 aromatic heterocycles. The van der Waals surface area contributed by atoms with Crippen LogP contribution >= 0.6 is 0 Å². The lowest BCUT2D eigenvalue weighted by molar-refractivity contribution is -0.133. The third-order valence-corrected chi connectivity index (χ3v) is 4.71. The van der Waals surface area contributed by atoms with Crippen LogP contribution in [-0.4, -0.2) is 67.2 Å². The van der Waals surface area contributed by atoms with Gasteiger partial charge in [-0.3, -0.25) is 4.79 Å². The predicted molar refractivity (Wildman–Crippen MR) is 85.2 cm³/mol. The Balaban J connectivity index is 1.44. The molecular weight excluding hydrogens is 308 g/mol. The number of aromatic nitrogens is 6. The maximum Gasteiger partial charge on any atom is 0.233 e. The van der Waals surface area contributed by atoms with E-state index in [-0.39, 0.29) is 11.8 Å². The highest BCUT2D eigenvalue weighted by Crippen LogP contribution is 2.26. The summed E-state index contributed by atoms with van der Waals surface area (Å²) in [4.78, 5) is 25.6. The fraction of sp³-hybridized carbons (Fsp3) is 0.600. The summed E-state index contributed by atoms with van der Waals surface area (Å²) in [5.41, 5.74) is 0. The minimum Gasteiger partial charge on any atom is -0.339 e. The first-order chi connectivity index (χ1) is 11.8. The maximum atomic E-state index is 13.0. The molecule has 24 heavy (non-hydrogen) atoms. The lowest BCUT2D eigenvalue weighted by Gasteiger charge is -2.36. The zero-order valence-electron chi connectivity index (χ0n) is 13.5. The molecule has 4 rings (SSSR count). The van der Waals surface area contributed by atoms with Crippen LogP contribution in [0.5, 0.6) is 0 Å². The van der Waals surface area contributed by atoms with Gasteiger partial charge in [0.05, 0.1) is 5.92 Å². The lowest BCUT2D eigenvalue weighted by Crippen LogP contribution is -2.50. The number of aryl methyl sites for hydroxylation is 1. The summed E-state index contributed by atoms with van der Waals surface area (Å²) in [5.74, 6) is 1.36. The van der Waals surface area contributed by atoms with Crippen LogP contribution in [0.15, 0.2) is 18.5 Å². The van der Waals surface area contributed by atoms with Crippen molar-refractivity contribution >= 4 is 11.9 Å². The van der Waals surface area contributed by atoms with E-state index in [1.807, 2.05) is 4.90 Å². The quantitative estimate of drug-likeness (QED) is 0.770. The number of carbonyl (C=O) groups excluding carboxylic acids is 1. The molecule has 9 heteroatoms. The first kappa shape index (κ1) is 15.0. The number of fused-ring (bicyclic) bond motifs is 1. The highest BCUT2D eigenvalue weighted by Gasteiger charge is 2.33. The molecule has 2 aromatic rings. The summed E-state index contributed by atoms with van der Waals surface area (Å²) < 4.78 is 1.78. The highest BCUT2D eigenvalue weighted by atomic mass is 16.2. The van der Waals surface area contributed by atoms with Crippen LogP contribution in [0, 0.1) is 0 Å². The Morgan fingerprint density at radius 3 is 2.62 bits per heavy atom. The van der Waals surface area contributed by atoms with Gasteiger partial charge >= 0.3 is 0 Å². The molecule has 9 nitrogen and oxygen atoms in total. The second-order valence-corrected chi connectivity index (χ2v) is 6.17. The monoisotopic (exact) mass is 328 g/mol. The number of amides is 1. The summed E-state index contributed by atoms with van der Waals surface area (Å²) in [6, 6.07) is 1.81. The molecule has 126 valence electrons. The molecule has 0 N–H and O–H groups in total. The molecule has 0 saturated carbocycles. The van der Waals surface area contributed by atoms with Gasteiger partial charge in [0.2, 0.25) is 11.9 Å². The third kappa shape index (κ3) is 2.81. The number of anilines is 1. The zero-order valence-corrected chi connectivity index (χ0v) is 13.5. The Labute approximate surface area is 139 Å². The molecule has 1 atom stereocenters. The summed E-state index contributed by atoms with van der Waals surface area (Å²) in [6.07, 6.45) is 6.33. The van der Waals surface area contributed by atoms with Crippen molar-refractivity contribution < 1.29 is 4.79 Å². The molecule has 2 aliphatic rings. The van der Waals surface area contributed by atoms with Crippen LogP contribution < -0.4 is 4.90 Å². The molecule has 0 spiro atoms. The predicted octanol–water partition coefficient (Wildman–Crippen LogP) is 0.0794. The SMILES string of the molecule is O=C([C@H]1CCCCn2nnnc21)N1CCN(c2ncccn2)CC1. The Morgan fingerprint density at radius 2 is 1.83 bits per heavy atom. The van der Waals surface area contributed by atoms with E-state index in [0.717, 1.165) is 44.8 Å². The van der Waals surface area contributed by atoms with Gasteiger partial charge in [0.1, 0.15) is 0 Å². The fourth-order valence-electron chi connectivity index (χ4n) is 3.40. The minimum atomic E-state index is -0.220. The first-order valence-electron chi connectivity index (χ1n) is 8.40. The number of carbonyl (C=O) groups is 1. The van der Waals surface area contributed by atoms with Crippen molar-refractivity contribution in [3.05, 3.63) is 24.3 Å². The molecule has 0 bridgehead atoms. The van der Waals surface area contributed by atoms with Gasteiger partial charge in [0, 0.05) is 45.1 Å². The fourth-order valence-corrected chi connectivity index (χ4v) is 3.40. The van der Waals surface area contributed by atoms with E-state index in [2.05, 4.69) is 30.4 Å². The van der Waals surface area contributed by atoms with E-state index < -0.39 is 0 Å². The van der Waals surface area contributed by atoms with Gasteiger partial charge in [-0.1, -0.05) is 6.42 Å². The summed E-state index contributed by atoms with van der Waals surface area (Å²) in [7, 11) is 0. The highest BCUT2D eigenvalue weighted by molar-refractivity contribution is 5.83. The van der Waals surface area contributed by atoms with Crippen molar-refractivity contribution in [2.45, 2.75) is 31.7 Å². The van der Waals surface area contributed by atoms with Gasteiger partial charge in [-0.25, -0.2) is 14.6 Å². The standard InChI is InChI=1S/C15H20N8O/c24-14(12-4-1-2-7-23-13(12)18-19-20-23)21-8-10-22(11-9-21)15-16-5-3-6-17-15/h3,5-6,12H,1-2,4,7-11H2/t12-/m0/s1. The van der Waals surface area contributed by atoms with Crippen LogP contribution in [0.1, 0.15) is 31.0 Å². The van der Waals surface area contributed by atoms with Gasteiger partial charge in [-0.15, -0.1) is 5.10 Å². The third-order valence-electron chi connectivity index (χ3n) is 4.71. The van der Waals surface area contributed by atoms with Gasteiger partial charge in [-0.05, 0) is 29.3 Å². The van der Waals surface area contributed by atoms with Gasteiger partial charge in [0.25, 0.3) is 0 Å². The largest absolute Gasteiger partial charge is 0.339 e. The number of hydrogen-bond donors (Lipinski definition) is 0. The summed E-state index contributed by atoms with van der Waals surface area (Å²) >= 11 is 0. The van der Waals surface area contributed by atoms with E-state index >= 15 is 0 Å². The van der Waals surface area contributed by atoms with Crippen LogP contribution in [0.25, 0.3) is 0 Å². The summed E-state index contributed by atoms with van der Waals surface area (Å²) in [5, 5.41) is 11.8. The number of piperazine rings is 1. The van der Waals surface area contributed by atoms with E-state index in [0.29, 0.717) is 18.9 Å². The Morgan fingerprint density at radius 1 is 1.04 bits per heavy atom. The lowest BCUT2D eigenvalue weighted by atomic mass is 10.0. The van der Waals surface area contributed by atoms with Crippen molar-refractivity contribution in [2.24, 2.45) is 0 Å². The van der Waals surface area contributed by atoms with Gasteiger partial charge in [0.15, 0.2) is 5.82 Å². The molecule has 1 fully saturated rings. The van der Waals surface area contributed by atoms with Gasteiger partial charge < -0.3 is 9.80 Å². The van der Waals surface area contributed by atoms with Crippen LogP contribution in [-0.2, 0) is 11.3 Å². The van der Waals surface area contributed by atoms with Crippen LogP contribution in [0.2, 0.25) is 0 Å². The zero-order chi connectivity index (χ0) is 16.4. The van der Waals surface area contributed by atoms with E-state index in [9.17, 15) is 4.79 Å². The number of hydrogen-bond acceptors (Lipinski definition) is 7. The Kier molecular flexibility index (Phi) is 4.06. The normalized spacial score (nSPS) is 21.2.